The SMILES string of the molecule is Cc1ccc[c-]c1-c1ncccc1-c1ccccc1.Cc1ccc[c-]c1-c1ncccc1-c1ccccc1.[Pt+2]. The van der Waals surface area contributed by atoms with Gasteiger partial charge >= 0.3 is 21.1 Å². The van der Waals surface area contributed by atoms with Crippen LogP contribution in [0.5, 0.6) is 0 Å². The molecule has 6 rings (SSSR count). The molecule has 192 valence electrons. The van der Waals surface area contributed by atoms with Crippen LogP contribution in [0.3, 0.4) is 0 Å². The van der Waals surface area contributed by atoms with Gasteiger partial charge in [0.05, 0.1) is 0 Å². The fourth-order valence-corrected chi connectivity index (χ4v) is 4.46. The second-order valence-corrected chi connectivity index (χ2v) is 8.99. The van der Waals surface area contributed by atoms with E-state index in [0.717, 1.165) is 33.6 Å². The van der Waals surface area contributed by atoms with Gasteiger partial charge in [-0.1, -0.05) is 86.6 Å². The first-order valence-corrected chi connectivity index (χ1v) is 12.7. The molecule has 39 heavy (non-hydrogen) atoms. The average molecular weight is 684 g/mol. The molecule has 2 nitrogen and oxygen atoms in total. The summed E-state index contributed by atoms with van der Waals surface area (Å²) in [5.74, 6) is 0. The van der Waals surface area contributed by atoms with Crippen LogP contribution in [0.15, 0.2) is 134 Å². The van der Waals surface area contributed by atoms with E-state index in [1.807, 2.05) is 85.2 Å². The molecule has 0 aliphatic rings. The van der Waals surface area contributed by atoms with Crippen molar-refractivity contribution >= 4 is 0 Å². The summed E-state index contributed by atoms with van der Waals surface area (Å²) in [5.41, 5.74) is 11.2. The Balaban J connectivity index is 0.000000176. The largest absolute Gasteiger partial charge is 2.00 e. The Morgan fingerprint density at radius 3 is 1.26 bits per heavy atom. The second kappa shape index (κ2) is 13.6. The number of nitrogens with zero attached hydrogens (tertiary/aromatic N) is 2. The first kappa shape index (κ1) is 27.9. The number of pyridine rings is 2. The fourth-order valence-electron chi connectivity index (χ4n) is 4.46. The molecule has 3 heteroatoms. The van der Waals surface area contributed by atoms with Crippen molar-refractivity contribution in [3.05, 3.63) is 157 Å². The van der Waals surface area contributed by atoms with Crippen LogP contribution in [-0.4, -0.2) is 9.97 Å². The molecule has 0 saturated heterocycles. The van der Waals surface area contributed by atoms with Crippen LogP contribution in [0.25, 0.3) is 44.8 Å². The summed E-state index contributed by atoms with van der Waals surface area (Å²) in [5, 5.41) is 0. The summed E-state index contributed by atoms with van der Waals surface area (Å²) in [6.45, 7) is 4.19. The van der Waals surface area contributed by atoms with E-state index in [2.05, 4.69) is 84.5 Å². The molecular weight excluding hydrogens is 655 g/mol. The van der Waals surface area contributed by atoms with Crippen molar-refractivity contribution in [2.75, 3.05) is 0 Å². The Bertz CT molecular complexity index is 1500. The molecule has 2 aromatic heterocycles. The Morgan fingerprint density at radius 1 is 0.462 bits per heavy atom. The maximum absolute atomic E-state index is 4.55. The molecule has 6 aromatic rings. The van der Waals surface area contributed by atoms with Crippen LogP contribution in [0.4, 0.5) is 0 Å². The number of rotatable bonds is 4. The summed E-state index contributed by atoms with van der Waals surface area (Å²) in [4.78, 5) is 9.11. The van der Waals surface area contributed by atoms with Gasteiger partial charge in [0.2, 0.25) is 0 Å². The minimum atomic E-state index is 0. The summed E-state index contributed by atoms with van der Waals surface area (Å²) in [7, 11) is 0. The molecular formula is C36H28N2Pt. The third kappa shape index (κ3) is 6.66. The number of hydrogen-bond donors (Lipinski definition) is 0. The molecule has 0 saturated carbocycles. The Hall–Kier alpha value is -4.13. The van der Waals surface area contributed by atoms with Crippen molar-refractivity contribution in [3.8, 4) is 44.8 Å². The van der Waals surface area contributed by atoms with Crippen LogP contribution in [-0.2, 0) is 21.1 Å². The normalized spacial score (nSPS) is 10.1. The van der Waals surface area contributed by atoms with E-state index in [1.165, 1.54) is 22.3 Å². The number of benzene rings is 4. The van der Waals surface area contributed by atoms with Gasteiger partial charge in [-0.2, -0.15) is 0 Å². The average Bonchev–Trinajstić information content (AvgIpc) is 2.99. The molecule has 0 radical (unpaired) electrons. The third-order valence-electron chi connectivity index (χ3n) is 6.39. The van der Waals surface area contributed by atoms with Crippen LogP contribution in [0.1, 0.15) is 11.1 Å². The van der Waals surface area contributed by atoms with Gasteiger partial charge in [0.1, 0.15) is 0 Å². The van der Waals surface area contributed by atoms with E-state index in [1.54, 1.807) is 0 Å². The quantitative estimate of drug-likeness (QED) is 0.173. The van der Waals surface area contributed by atoms with Crippen molar-refractivity contribution in [2.24, 2.45) is 0 Å². The smallest absolute Gasteiger partial charge is 0.304 e. The molecule has 4 aromatic carbocycles. The zero-order valence-electron chi connectivity index (χ0n) is 21.9. The van der Waals surface area contributed by atoms with Crippen LogP contribution in [0.2, 0.25) is 0 Å². The maximum atomic E-state index is 4.55. The molecule has 0 unspecified atom stereocenters. The van der Waals surface area contributed by atoms with E-state index in [4.69, 9.17) is 0 Å². The summed E-state index contributed by atoms with van der Waals surface area (Å²) in [6.07, 6.45) is 3.67. The predicted molar refractivity (Wildman–Crippen MR) is 157 cm³/mol. The summed E-state index contributed by atoms with van der Waals surface area (Å²) >= 11 is 0. The summed E-state index contributed by atoms with van der Waals surface area (Å²) < 4.78 is 0. The molecule has 0 fully saturated rings. The van der Waals surface area contributed by atoms with E-state index < -0.39 is 0 Å². The monoisotopic (exact) mass is 683 g/mol. The van der Waals surface area contributed by atoms with Gasteiger partial charge in [0, 0.05) is 12.4 Å². The van der Waals surface area contributed by atoms with Gasteiger partial charge in [0.15, 0.2) is 0 Å². The third-order valence-corrected chi connectivity index (χ3v) is 6.39. The Morgan fingerprint density at radius 2 is 0.872 bits per heavy atom. The van der Waals surface area contributed by atoms with Crippen LogP contribution < -0.4 is 0 Å². The zero-order valence-corrected chi connectivity index (χ0v) is 24.2. The summed E-state index contributed by atoms with van der Waals surface area (Å²) in [6, 6.07) is 47.5. The molecule has 0 bridgehead atoms. The van der Waals surface area contributed by atoms with E-state index in [9.17, 15) is 0 Å². The van der Waals surface area contributed by atoms with E-state index >= 15 is 0 Å². The molecule has 0 aliphatic heterocycles. The first-order valence-electron chi connectivity index (χ1n) is 12.7. The predicted octanol–water partition coefficient (Wildman–Crippen LogP) is 9.05. The zero-order chi connectivity index (χ0) is 26.2. The van der Waals surface area contributed by atoms with Crippen LogP contribution >= 0.6 is 0 Å². The second-order valence-electron chi connectivity index (χ2n) is 8.99. The topological polar surface area (TPSA) is 25.8 Å². The molecule has 2 heterocycles. The van der Waals surface area contributed by atoms with Crippen molar-refractivity contribution < 1.29 is 21.1 Å². The van der Waals surface area contributed by atoms with Crippen molar-refractivity contribution in [3.63, 3.8) is 0 Å². The minimum absolute atomic E-state index is 0. The van der Waals surface area contributed by atoms with E-state index in [0.29, 0.717) is 0 Å². The van der Waals surface area contributed by atoms with Gasteiger partial charge in [-0.15, -0.1) is 70.8 Å². The van der Waals surface area contributed by atoms with Crippen molar-refractivity contribution in [2.45, 2.75) is 13.8 Å². The van der Waals surface area contributed by atoms with Gasteiger partial charge in [-0.05, 0) is 45.8 Å². The van der Waals surface area contributed by atoms with Crippen LogP contribution in [0, 0.1) is 26.0 Å². The van der Waals surface area contributed by atoms with Gasteiger partial charge in [-0.3, -0.25) is 0 Å². The molecule has 0 amide bonds. The standard InChI is InChI=1S/2C18H14N.Pt/c2*1-14-8-5-6-11-16(14)18-17(12-7-13-19-18)15-9-3-2-4-10-15;/h2*2-10,12-13H,1H3;/q2*-1;+2. The van der Waals surface area contributed by atoms with Gasteiger partial charge < -0.3 is 9.97 Å². The van der Waals surface area contributed by atoms with Crippen molar-refractivity contribution in [1.82, 2.24) is 9.97 Å². The van der Waals surface area contributed by atoms with Crippen molar-refractivity contribution in [1.29, 1.82) is 0 Å². The molecule has 0 spiro atoms. The number of aromatic nitrogens is 2. The Labute approximate surface area is 245 Å². The van der Waals surface area contributed by atoms with Gasteiger partial charge in [0.25, 0.3) is 0 Å². The molecule has 0 atom stereocenters. The van der Waals surface area contributed by atoms with E-state index in [-0.39, 0.29) is 21.1 Å². The number of aryl methyl sites for hydroxylation is 2. The molecule has 0 aliphatic carbocycles. The maximum Gasteiger partial charge on any atom is 2.00 e. The van der Waals surface area contributed by atoms with Gasteiger partial charge in [-0.25, -0.2) is 0 Å². The minimum Gasteiger partial charge on any atom is -0.304 e. The fraction of sp³-hybridized carbons (Fsp3) is 0.0556. The number of hydrogen-bond acceptors (Lipinski definition) is 2. The first-order chi connectivity index (χ1) is 18.7. The Kier molecular flexibility index (Phi) is 9.73. The molecule has 0 N–H and O–H groups in total.